The predicted molar refractivity (Wildman–Crippen MR) is 90.7 cm³/mol. The van der Waals surface area contributed by atoms with Gasteiger partial charge in [0, 0.05) is 17.9 Å². The maximum atomic E-state index is 12.4. The summed E-state index contributed by atoms with van der Waals surface area (Å²) in [5.41, 5.74) is 1.62. The number of ether oxygens (including phenoxy) is 1. The molecule has 2 aromatic carbocycles. The van der Waals surface area contributed by atoms with Crippen molar-refractivity contribution in [1.29, 1.82) is 0 Å². The van der Waals surface area contributed by atoms with Gasteiger partial charge in [0.1, 0.15) is 5.75 Å². The molecular formula is C18H22N2O2. The molecule has 4 heteroatoms. The lowest BCUT2D eigenvalue weighted by Gasteiger charge is -2.21. The van der Waals surface area contributed by atoms with Crippen molar-refractivity contribution in [2.75, 3.05) is 16.8 Å². The second-order valence-corrected chi connectivity index (χ2v) is 5.20. The van der Waals surface area contributed by atoms with E-state index in [4.69, 9.17) is 4.74 Å². The van der Waals surface area contributed by atoms with E-state index >= 15 is 0 Å². The zero-order chi connectivity index (χ0) is 15.9. The normalized spacial score (nSPS) is 10.4. The molecule has 22 heavy (non-hydrogen) atoms. The van der Waals surface area contributed by atoms with Crippen LogP contribution >= 0.6 is 0 Å². The van der Waals surface area contributed by atoms with Crippen LogP contribution in [0.1, 0.15) is 20.8 Å². The van der Waals surface area contributed by atoms with Crippen molar-refractivity contribution >= 4 is 17.4 Å². The van der Waals surface area contributed by atoms with Crippen LogP contribution in [0.15, 0.2) is 54.6 Å². The van der Waals surface area contributed by atoms with Crippen LogP contribution in [0, 0.1) is 0 Å². The van der Waals surface area contributed by atoms with E-state index < -0.39 is 0 Å². The molecule has 0 heterocycles. The fraction of sp³-hybridized carbons (Fsp3) is 0.278. The van der Waals surface area contributed by atoms with E-state index in [1.54, 1.807) is 4.90 Å². The molecule has 0 saturated heterocycles. The molecule has 0 atom stereocenters. The lowest BCUT2D eigenvalue weighted by molar-refractivity contribution is 0.242. The average molecular weight is 298 g/mol. The Kier molecular flexibility index (Phi) is 5.42. The van der Waals surface area contributed by atoms with Crippen molar-refractivity contribution in [3.63, 3.8) is 0 Å². The van der Waals surface area contributed by atoms with Gasteiger partial charge in [-0.1, -0.05) is 18.2 Å². The van der Waals surface area contributed by atoms with Gasteiger partial charge in [-0.3, -0.25) is 4.90 Å². The van der Waals surface area contributed by atoms with Crippen LogP contribution in [0.4, 0.5) is 16.2 Å². The Balaban J connectivity index is 2.04. The van der Waals surface area contributed by atoms with Crippen molar-refractivity contribution in [3.8, 4) is 5.75 Å². The fourth-order valence-corrected chi connectivity index (χ4v) is 2.13. The second kappa shape index (κ2) is 7.50. The standard InChI is InChI=1S/C18H22N2O2/c1-4-20(16-8-6-5-7-9-16)18(21)19-15-10-12-17(13-11-15)22-14(2)3/h5-14H,4H2,1-3H3,(H,19,21). The number of amides is 2. The summed E-state index contributed by atoms with van der Waals surface area (Å²) in [4.78, 5) is 14.1. The molecule has 1 N–H and O–H groups in total. The number of hydrogen-bond donors (Lipinski definition) is 1. The highest BCUT2D eigenvalue weighted by Crippen LogP contribution is 2.19. The summed E-state index contributed by atoms with van der Waals surface area (Å²) in [7, 11) is 0. The van der Waals surface area contributed by atoms with E-state index in [2.05, 4.69) is 5.32 Å². The lowest BCUT2D eigenvalue weighted by atomic mass is 10.3. The molecule has 0 unspecified atom stereocenters. The smallest absolute Gasteiger partial charge is 0.326 e. The molecule has 2 amide bonds. The van der Waals surface area contributed by atoms with Crippen LogP contribution < -0.4 is 15.0 Å². The first kappa shape index (κ1) is 15.9. The lowest BCUT2D eigenvalue weighted by Crippen LogP contribution is -2.34. The van der Waals surface area contributed by atoms with Gasteiger partial charge in [-0.15, -0.1) is 0 Å². The summed E-state index contributed by atoms with van der Waals surface area (Å²) in [5.74, 6) is 0.795. The first-order chi connectivity index (χ1) is 10.6. The third kappa shape index (κ3) is 4.25. The Morgan fingerprint density at radius 3 is 2.27 bits per heavy atom. The van der Waals surface area contributed by atoms with Crippen LogP contribution in [0.2, 0.25) is 0 Å². The zero-order valence-electron chi connectivity index (χ0n) is 13.2. The topological polar surface area (TPSA) is 41.6 Å². The molecule has 2 rings (SSSR count). The minimum absolute atomic E-state index is 0.133. The Morgan fingerprint density at radius 2 is 1.73 bits per heavy atom. The highest BCUT2D eigenvalue weighted by atomic mass is 16.5. The van der Waals surface area contributed by atoms with Crippen LogP contribution in [-0.4, -0.2) is 18.7 Å². The van der Waals surface area contributed by atoms with Gasteiger partial charge in [-0.2, -0.15) is 0 Å². The van der Waals surface area contributed by atoms with Crippen molar-refractivity contribution < 1.29 is 9.53 Å². The highest BCUT2D eigenvalue weighted by Gasteiger charge is 2.13. The maximum Gasteiger partial charge on any atom is 0.326 e. The first-order valence-corrected chi connectivity index (χ1v) is 7.50. The van der Waals surface area contributed by atoms with E-state index in [0.717, 1.165) is 17.1 Å². The monoisotopic (exact) mass is 298 g/mol. The molecular weight excluding hydrogens is 276 g/mol. The summed E-state index contributed by atoms with van der Waals surface area (Å²) >= 11 is 0. The number of hydrogen-bond acceptors (Lipinski definition) is 2. The number of nitrogens with one attached hydrogen (secondary N) is 1. The molecule has 116 valence electrons. The minimum atomic E-state index is -0.147. The predicted octanol–water partition coefficient (Wildman–Crippen LogP) is 4.53. The maximum absolute atomic E-state index is 12.4. The number of carbonyl (C=O) groups is 1. The number of nitrogens with zero attached hydrogens (tertiary/aromatic N) is 1. The molecule has 0 fully saturated rings. The Hall–Kier alpha value is -2.49. The van der Waals surface area contributed by atoms with Gasteiger partial charge in [0.25, 0.3) is 0 Å². The Bertz CT molecular complexity index is 594. The molecule has 2 aromatic rings. The van der Waals surface area contributed by atoms with Crippen LogP contribution in [0.25, 0.3) is 0 Å². The van der Waals surface area contributed by atoms with Crippen molar-refractivity contribution in [1.82, 2.24) is 0 Å². The average Bonchev–Trinajstić information content (AvgIpc) is 2.50. The quantitative estimate of drug-likeness (QED) is 0.881. The van der Waals surface area contributed by atoms with Gasteiger partial charge in [-0.05, 0) is 57.2 Å². The Morgan fingerprint density at radius 1 is 1.09 bits per heavy atom. The van der Waals surface area contributed by atoms with Crippen LogP contribution in [0.3, 0.4) is 0 Å². The number of urea groups is 1. The first-order valence-electron chi connectivity index (χ1n) is 7.50. The number of carbonyl (C=O) groups excluding carboxylic acids is 1. The Labute approximate surface area is 131 Å². The zero-order valence-corrected chi connectivity index (χ0v) is 13.2. The molecule has 4 nitrogen and oxygen atoms in total. The SMILES string of the molecule is CCN(C(=O)Nc1ccc(OC(C)C)cc1)c1ccccc1. The summed E-state index contributed by atoms with van der Waals surface area (Å²) < 4.78 is 5.59. The molecule has 0 saturated carbocycles. The summed E-state index contributed by atoms with van der Waals surface area (Å²) in [6.45, 7) is 6.51. The van der Waals surface area contributed by atoms with Gasteiger partial charge in [0.2, 0.25) is 0 Å². The largest absolute Gasteiger partial charge is 0.491 e. The molecule has 0 aliphatic rings. The molecule has 0 aromatic heterocycles. The van der Waals surface area contributed by atoms with Gasteiger partial charge >= 0.3 is 6.03 Å². The summed E-state index contributed by atoms with van der Waals surface area (Å²) in [6, 6.07) is 16.9. The van der Waals surface area contributed by atoms with Gasteiger partial charge < -0.3 is 10.1 Å². The van der Waals surface area contributed by atoms with Gasteiger partial charge in [0.05, 0.1) is 6.10 Å². The molecule has 0 aliphatic carbocycles. The van der Waals surface area contributed by atoms with E-state index in [1.807, 2.05) is 75.4 Å². The third-order valence-electron chi connectivity index (χ3n) is 3.11. The third-order valence-corrected chi connectivity index (χ3v) is 3.11. The van der Waals surface area contributed by atoms with E-state index in [1.165, 1.54) is 0 Å². The summed E-state index contributed by atoms with van der Waals surface area (Å²) in [5, 5.41) is 2.90. The van der Waals surface area contributed by atoms with E-state index in [-0.39, 0.29) is 12.1 Å². The molecule has 0 spiro atoms. The highest BCUT2D eigenvalue weighted by molar-refractivity contribution is 6.01. The van der Waals surface area contributed by atoms with Crippen molar-refractivity contribution in [2.45, 2.75) is 26.9 Å². The fourth-order valence-electron chi connectivity index (χ4n) is 2.13. The number of benzene rings is 2. The minimum Gasteiger partial charge on any atom is -0.491 e. The second-order valence-electron chi connectivity index (χ2n) is 5.20. The van der Waals surface area contributed by atoms with Gasteiger partial charge in [0.15, 0.2) is 0 Å². The number of anilines is 2. The number of rotatable bonds is 5. The van der Waals surface area contributed by atoms with Crippen LogP contribution in [0.5, 0.6) is 5.75 Å². The van der Waals surface area contributed by atoms with Gasteiger partial charge in [-0.25, -0.2) is 4.79 Å². The van der Waals surface area contributed by atoms with E-state index in [9.17, 15) is 4.79 Å². The molecule has 0 bridgehead atoms. The van der Waals surface area contributed by atoms with E-state index in [0.29, 0.717) is 6.54 Å². The molecule has 0 aliphatic heterocycles. The van der Waals surface area contributed by atoms with Crippen LogP contribution in [-0.2, 0) is 0 Å². The molecule has 0 radical (unpaired) electrons. The van der Waals surface area contributed by atoms with Crippen molar-refractivity contribution in [2.24, 2.45) is 0 Å². The number of para-hydroxylation sites is 1. The van der Waals surface area contributed by atoms with Crippen molar-refractivity contribution in [3.05, 3.63) is 54.6 Å². The summed E-state index contributed by atoms with van der Waals surface area (Å²) in [6.07, 6.45) is 0.133.